The maximum absolute atomic E-state index is 4.28. The number of aryl methyl sites for hydroxylation is 1. The van der Waals surface area contributed by atoms with Crippen molar-refractivity contribution in [3.63, 3.8) is 0 Å². The van der Waals surface area contributed by atoms with Gasteiger partial charge in [0, 0.05) is 50.7 Å². The van der Waals surface area contributed by atoms with Crippen LogP contribution in [0.3, 0.4) is 0 Å². The molecule has 88 valence electrons. The van der Waals surface area contributed by atoms with Crippen molar-refractivity contribution >= 4 is 0 Å². The first kappa shape index (κ1) is 10.3. The fraction of sp³-hybridized carbons (Fsp3) is 0.750. The third kappa shape index (κ3) is 1.99. The molecule has 16 heavy (non-hydrogen) atoms. The van der Waals surface area contributed by atoms with Gasteiger partial charge in [0.05, 0.1) is 6.33 Å². The summed E-state index contributed by atoms with van der Waals surface area (Å²) in [6, 6.07) is 0.657. The number of piperazine rings is 1. The number of fused-ring (bicyclic) bond motifs is 1. The van der Waals surface area contributed by atoms with Crippen molar-refractivity contribution in [2.75, 3.05) is 32.7 Å². The van der Waals surface area contributed by atoms with Gasteiger partial charge >= 0.3 is 0 Å². The van der Waals surface area contributed by atoms with Gasteiger partial charge in [-0.15, -0.1) is 0 Å². The van der Waals surface area contributed by atoms with Crippen molar-refractivity contribution in [2.45, 2.75) is 25.3 Å². The van der Waals surface area contributed by atoms with Gasteiger partial charge in [0.25, 0.3) is 0 Å². The van der Waals surface area contributed by atoms with Gasteiger partial charge in [0.1, 0.15) is 0 Å². The van der Waals surface area contributed by atoms with E-state index in [1.54, 1.807) is 0 Å². The number of imidazole rings is 1. The Morgan fingerprint density at radius 1 is 1.38 bits per heavy atom. The molecule has 0 bridgehead atoms. The van der Waals surface area contributed by atoms with E-state index in [0.29, 0.717) is 6.04 Å². The molecule has 4 heteroatoms. The summed E-state index contributed by atoms with van der Waals surface area (Å²) in [7, 11) is 0. The van der Waals surface area contributed by atoms with Crippen LogP contribution in [0, 0.1) is 0 Å². The zero-order valence-corrected chi connectivity index (χ0v) is 9.73. The van der Waals surface area contributed by atoms with Crippen molar-refractivity contribution in [3.05, 3.63) is 18.2 Å². The minimum atomic E-state index is 0.657. The van der Waals surface area contributed by atoms with Crippen molar-refractivity contribution in [3.8, 4) is 0 Å². The first-order valence-corrected chi connectivity index (χ1v) is 6.37. The van der Waals surface area contributed by atoms with E-state index in [-0.39, 0.29) is 0 Å². The fourth-order valence-electron chi connectivity index (χ4n) is 2.88. The van der Waals surface area contributed by atoms with Gasteiger partial charge in [0.15, 0.2) is 0 Å². The third-order valence-corrected chi connectivity index (χ3v) is 3.79. The van der Waals surface area contributed by atoms with E-state index in [1.165, 1.54) is 44.6 Å². The summed E-state index contributed by atoms with van der Waals surface area (Å²) >= 11 is 0. The van der Waals surface area contributed by atoms with E-state index in [9.17, 15) is 0 Å². The lowest BCUT2D eigenvalue weighted by molar-refractivity contribution is 0.193. The van der Waals surface area contributed by atoms with Crippen LogP contribution < -0.4 is 5.32 Å². The number of nitrogens with one attached hydrogen (secondary N) is 1. The average molecular weight is 220 g/mol. The van der Waals surface area contributed by atoms with Crippen molar-refractivity contribution < 1.29 is 0 Å². The molecule has 0 aliphatic carbocycles. The molecule has 1 N–H and O–H groups in total. The summed E-state index contributed by atoms with van der Waals surface area (Å²) in [4.78, 5) is 6.86. The molecule has 3 heterocycles. The monoisotopic (exact) mass is 220 g/mol. The highest BCUT2D eigenvalue weighted by atomic mass is 15.2. The standard InChI is InChI=1S/C12H20N4/c1-2-11-8-14-10-16(11)12(3-1)9-15-6-4-13-5-7-15/h8,10,12-13H,1-7,9H2. The Hall–Kier alpha value is -0.870. The van der Waals surface area contributed by atoms with Crippen LogP contribution in [-0.4, -0.2) is 47.2 Å². The van der Waals surface area contributed by atoms with E-state index >= 15 is 0 Å². The van der Waals surface area contributed by atoms with Crippen LogP contribution in [0.1, 0.15) is 24.6 Å². The van der Waals surface area contributed by atoms with Gasteiger partial charge in [-0.1, -0.05) is 0 Å². The largest absolute Gasteiger partial charge is 0.330 e. The molecular weight excluding hydrogens is 200 g/mol. The summed E-state index contributed by atoms with van der Waals surface area (Å²) in [5, 5.41) is 3.41. The van der Waals surface area contributed by atoms with Crippen molar-refractivity contribution in [1.29, 1.82) is 0 Å². The summed E-state index contributed by atoms with van der Waals surface area (Å²) < 4.78 is 2.39. The third-order valence-electron chi connectivity index (χ3n) is 3.79. The van der Waals surface area contributed by atoms with Crippen LogP contribution in [0.25, 0.3) is 0 Å². The van der Waals surface area contributed by atoms with Crippen molar-refractivity contribution in [1.82, 2.24) is 19.8 Å². The predicted molar refractivity (Wildman–Crippen MR) is 63.5 cm³/mol. The SMILES string of the molecule is c1ncn2c1CCCC2CN1CCNCC1. The van der Waals surface area contributed by atoms with E-state index < -0.39 is 0 Å². The van der Waals surface area contributed by atoms with Crippen LogP contribution in [0.4, 0.5) is 0 Å². The van der Waals surface area contributed by atoms with Gasteiger partial charge < -0.3 is 9.88 Å². The van der Waals surface area contributed by atoms with Crippen LogP contribution in [0.2, 0.25) is 0 Å². The lowest BCUT2D eigenvalue weighted by atomic mass is 10.0. The summed E-state index contributed by atoms with van der Waals surface area (Å²) in [6.45, 7) is 5.87. The Labute approximate surface area is 96.7 Å². The molecule has 4 nitrogen and oxygen atoms in total. The molecule has 0 radical (unpaired) electrons. The Morgan fingerprint density at radius 2 is 2.25 bits per heavy atom. The number of hydrogen-bond donors (Lipinski definition) is 1. The molecule has 1 saturated heterocycles. The molecule has 2 aliphatic rings. The van der Waals surface area contributed by atoms with Crippen LogP contribution in [-0.2, 0) is 6.42 Å². The van der Waals surface area contributed by atoms with E-state index in [2.05, 4.69) is 19.8 Å². The lowest BCUT2D eigenvalue weighted by Crippen LogP contribution is -2.45. The zero-order valence-electron chi connectivity index (χ0n) is 9.73. The second kappa shape index (κ2) is 4.55. The Morgan fingerprint density at radius 3 is 3.12 bits per heavy atom. The molecule has 0 amide bonds. The maximum Gasteiger partial charge on any atom is 0.0951 e. The highest BCUT2D eigenvalue weighted by Crippen LogP contribution is 2.25. The molecule has 1 unspecified atom stereocenters. The predicted octanol–water partition coefficient (Wildman–Crippen LogP) is 0.666. The first-order valence-electron chi connectivity index (χ1n) is 6.37. The van der Waals surface area contributed by atoms with Crippen LogP contribution >= 0.6 is 0 Å². The molecule has 0 saturated carbocycles. The van der Waals surface area contributed by atoms with E-state index in [0.717, 1.165) is 13.1 Å². The van der Waals surface area contributed by atoms with Crippen molar-refractivity contribution in [2.24, 2.45) is 0 Å². The Bertz CT molecular complexity index is 341. The highest BCUT2D eigenvalue weighted by Gasteiger charge is 2.22. The second-order valence-electron chi connectivity index (χ2n) is 4.89. The second-order valence-corrected chi connectivity index (χ2v) is 4.89. The zero-order chi connectivity index (χ0) is 10.8. The van der Waals surface area contributed by atoms with Gasteiger partial charge in [-0.05, 0) is 19.3 Å². The molecule has 0 spiro atoms. The van der Waals surface area contributed by atoms with Crippen LogP contribution in [0.15, 0.2) is 12.5 Å². The van der Waals surface area contributed by atoms with Gasteiger partial charge in [0.2, 0.25) is 0 Å². The Balaban J connectivity index is 1.67. The normalized spacial score (nSPS) is 26.6. The molecule has 1 atom stereocenters. The number of aromatic nitrogens is 2. The smallest absolute Gasteiger partial charge is 0.0951 e. The topological polar surface area (TPSA) is 33.1 Å². The minimum Gasteiger partial charge on any atom is -0.330 e. The summed E-state index contributed by atoms with van der Waals surface area (Å²) in [5.41, 5.74) is 1.42. The number of rotatable bonds is 2. The van der Waals surface area contributed by atoms with Gasteiger partial charge in [-0.25, -0.2) is 4.98 Å². The quantitative estimate of drug-likeness (QED) is 0.795. The highest BCUT2D eigenvalue weighted by molar-refractivity contribution is 5.04. The molecule has 3 rings (SSSR count). The lowest BCUT2D eigenvalue weighted by Gasteiger charge is -2.33. The minimum absolute atomic E-state index is 0.657. The number of hydrogen-bond acceptors (Lipinski definition) is 3. The summed E-state index contributed by atoms with van der Waals surface area (Å²) in [5.74, 6) is 0. The average Bonchev–Trinajstić information content (AvgIpc) is 2.80. The summed E-state index contributed by atoms with van der Waals surface area (Å²) in [6.07, 6.45) is 7.89. The molecule has 1 fully saturated rings. The Kier molecular flexibility index (Phi) is 2.93. The van der Waals surface area contributed by atoms with E-state index in [1.807, 2.05) is 12.5 Å². The van der Waals surface area contributed by atoms with Gasteiger partial charge in [-0.2, -0.15) is 0 Å². The molecule has 0 aromatic carbocycles. The number of nitrogens with zero attached hydrogens (tertiary/aromatic N) is 3. The molecule has 1 aromatic heterocycles. The molecular formula is C12H20N4. The maximum atomic E-state index is 4.28. The molecule has 1 aromatic rings. The van der Waals surface area contributed by atoms with Gasteiger partial charge in [-0.3, -0.25) is 4.90 Å². The fourth-order valence-corrected chi connectivity index (χ4v) is 2.88. The molecule has 2 aliphatic heterocycles. The first-order chi connectivity index (χ1) is 7.93. The van der Waals surface area contributed by atoms with Crippen LogP contribution in [0.5, 0.6) is 0 Å². The van der Waals surface area contributed by atoms with E-state index in [4.69, 9.17) is 0 Å².